The van der Waals surface area contributed by atoms with Crippen LogP contribution in [0, 0.1) is 6.92 Å². The molecule has 0 heterocycles. The third-order valence-corrected chi connectivity index (χ3v) is 4.15. The summed E-state index contributed by atoms with van der Waals surface area (Å²) < 4.78 is 0. The van der Waals surface area contributed by atoms with Crippen molar-refractivity contribution >= 4 is 17.5 Å². The van der Waals surface area contributed by atoms with Crippen LogP contribution in [0.4, 0.5) is 0 Å². The molecule has 0 saturated carbocycles. The van der Waals surface area contributed by atoms with Crippen molar-refractivity contribution in [3.63, 3.8) is 0 Å². The fourth-order valence-corrected chi connectivity index (χ4v) is 2.63. The largest absolute Gasteiger partial charge is 0.376 e. The van der Waals surface area contributed by atoms with Gasteiger partial charge in [0, 0.05) is 10.6 Å². The predicted molar refractivity (Wildman–Crippen MR) is 89.9 cm³/mol. The predicted octanol–water partition coefficient (Wildman–Crippen LogP) is 4.87. The van der Waals surface area contributed by atoms with Gasteiger partial charge in [0.1, 0.15) is 0 Å². The number of benzene rings is 2. The number of hydrogen-bond acceptors (Lipinski definition) is 2. The molecular formula is C18H21NS. The zero-order chi connectivity index (χ0) is 14.4. The lowest BCUT2D eigenvalue weighted by Gasteiger charge is -2.10. The van der Waals surface area contributed by atoms with Gasteiger partial charge in [-0.1, -0.05) is 55.5 Å². The molecule has 0 aliphatic carbocycles. The van der Waals surface area contributed by atoms with Crippen molar-refractivity contribution in [1.29, 1.82) is 0 Å². The minimum atomic E-state index is 0.832. The van der Waals surface area contributed by atoms with E-state index in [0.717, 1.165) is 23.6 Å². The van der Waals surface area contributed by atoms with E-state index >= 15 is 0 Å². The standard InChI is InChI=1S/C18H21NS/c1-4-16-7-11-18(12-8-16)20-13-19-15(3)17-9-5-14(2)6-10-17/h5-12,19H,3-4,13H2,1-2H3. The molecule has 2 heteroatoms. The zero-order valence-corrected chi connectivity index (χ0v) is 13.0. The van der Waals surface area contributed by atoms with Crippen molar-refractivity contribution in [1.82, 2.24) is 5.32 Å². The van der Waals surface area contributed by atoms with Crippen LogP contribution in [0.1, 0.15) is 23.6 Å². The molecule has 2 aromatic carbocycles. The van der Waals surface area contributed by atoms with Crippen LogP contribution in [0.2, 0.25) is 0 Å². The summed E-state index contributed by atoms with van der Waals surface area (Å²) in [6, 6.07) is 17.2. The van der Waals surface area contributed by atoms with E-state index in [1.165, 1.54) is 16.0 Å². The van der Waals surface area contributed by atoms with Crippen LogP contribution in [-0.2, 0) is 6.42 Å². The van der Waals surface area contributed by atoms with E-state index in [4.69, 9.17) is 0 Å². The van der Waals surface area contributed by atoms with Gasteiger partial charge in [0.2, 0.25) is 0 Å². The number of aryl methyl sites for hydroxylation is 2. The number of thioether (sulfide) groups is 1. The lowest BCUT2D eigenvalue weighted by atomic mass is 10.1. The Morgan fingerprint density at radius 3 is 2.30 bits per heavy atom. The molecule has 104 valence electrons. The first-order valence-electron chi connectivity index (χ1n) is 6.90. The van der Waals surface area contributed by atoms with Crippen LogP contribution in [0.5, 0.6) is 0 Å². The van der Waals surface area contributed by atoms with Crippen LogP contribution < -0.4 is 5.32 Å². The Hall–Kier alpha value is -1.67. The minimum Gasteiger partial charge on any atom is -0.376 e. The summed E-state index contributed by atoms with van der Waals surface area (Å²) in [6.45, 7) is 8.36. The molecule has 1 N–H and O–H groups in total. The monoisotopic (exact) mass is 283 g/mol. The first-order chi connectivity index (χ1) is 9.69. The van der Waals surface area contributed by atoms with E-state index in [0.29, 0.717) is 0 Å². The summed E-state index contributed by atoms with van der Waals surface area (Å²) in [4.78, 5) is 1.28. The van der Waals surface area contributed by atoms with E-state index in [1.54, 1.807) is 11.8 Å². The first kappa shape index (κ1) is 14.7. The quantitative estimate of drug-likeness (QED) is 0.600. The smallest absolute Gasteiger partial charge is 0.0657 e. The van der Waals surface area contributed by atoms with Gasteiger partial charge in [-0.2, -0.15) is 0 Å². The Bertz CT molecular complexity index is 555. The molecule has 0 fully saturated rings. The van der Waals surface area contributed by atoms with Crippen LogP contribution >= 0.6 is 11.8 Å². The topological polar surface area (TPSA) is 12.0 Å². The van der Waals surface area contributed by atoms with E-state index in [2.05, 4.69) is 74.3 Å². The summed E-state index contributed by atoms with van der Waals surface area (Å²) in [5.41, 5.74) is 4.78. The van der Waals surface area contributed by atoms with Crippen molar-refractivity contribution in [3.05, 3.63) is 71.8 Å². The second-order valence-electron chi connectivity index (χ2n) is 4.81. The normalized spacial score (nSPS) is 10.3. The van der Waals surface area contributed by atoms with Gasteiger partial charge in [-0.3, -0.25) is 0 Å². The van der Waals surface area contributed by atoms with Gasteiger partial charge in [-0.05, 0) is 36.6 Å². The molecule has 0 saturated heterocycles. The lowest BCUT2D eigenvalue weighted by Crippen LogP contribution is -2.10. The van der Waals surface area contributed by atoms with Crippen molar-refractivity contribution in [2.45, 2.75) is 25.2 Å². The zero-order valence-electron chi connectivity index (χ0n) is 12.1. The van der Waals surface area contributed by atoms with Gasteiger partial charge in [0.15, 0.2) is 0 Å². The second kappa shape index (κ2) is 7.20. The molecule has 0 aliphatic rings. The summed E-state index contributed by atoms with van der Waals surface area (Å²) in [6.07, 6.45) is 1.09. The maximum absolute atomic E-state index is 4.09. The van der Waals surface area contributed by atoms with Crippen LogP contribution in [0.25, 0.3) is 5.70 Å². The van der Waals surface area contributed by atoms with Gasteiger partial charge in [-0.25, -0.2) is 0 Å². The number of hydrogen-bond donors (Lipinski definition) is 1. The molecule has 2 rings (SSSR count). The van der Waals surface area contributed by atoms with Crippen molar-refractivity contribution < 1.29 is 0 Å². The molecule has 0 spiro atoms. The Morgan fingerprint density at radius 1 is 1.05 bits per heavy atom. The summed E-state index contributed by atoms with van der Waals surface area (Å²) in [5.74, 6) is 0.832. The lowest BCUT2D eigenvalue weighted by molar-refractivity contribution is 1.08. The van der Waals surface area contributed by atoms with Crippen LogP contribution in [0.3, 0.4) is 0 Å². The van der Waals surface area contributed by atoms with Crippen molar-refractivity contribution in [3.8, 4) is 0 Å². The van der Waals surface area contributed by atoms with Crippen LogP contribution in [-0.4, -0.2) is 5.88 Å². The SMILES string of the molecule is C=C(NCSc1ccc(CC)cc1)c1ccc(C)cc1. The average Bonchev–Trinajstić information content (AvgIpc) is 2.48. The first-order valence-corrected chi connectivity index (χ1v) is 7.89. The molecule has 0 aromatic heterocycles. The Labute approximate surface area is 126 Å². The second-order valence-corrected chi connectivity index (χ2v) is 5.86. The molecule has 20 heavy (non-hydrogen) atoms. The minimum absolute atomic E-state index is 0.832. The highest BCUT2D eigenvalue weighted by Crippen LogP contribution is 2.19. The highest BCUT2D eigenvalue weighted by atomic mass is 32.2. The fourth-order valence-electron chi connectivity index (χ4n) is 1.88. The molecule has 1 nitrogen and oxygen atoms in total. The average molecular weight is 283 g/mol. The van der Waals surface area contributed by atoms with Gasteiger partial charge in [-0.15, -0.1) is 11.8 Å². The third-order valence-electron chi connectivity index (χ3n) is 3.26. The van der Waals surface area contributed by atoms with Gasteiger partial charge in [0.05, 0.1) is 5.88 Å². The molecule has 2 aromatic rings. The molecule has 0 unspecified atom stereocenters. The van der Waals surface area contributed by atoms with E-state index in [9.17, 15) is 0 Å². The molecular weight excluding hydrogens is 262 g/mol. The highest BCUT2D eigenvalue weighted by Gasteiger charge is 1.99. The van der Waals surface area contributed by atoms with E-state index in [-0.39, 0.29) is 0 Å². The highest BCUT2D eigenvalue weighted by molar-refractivity contribution is 7.99. The van der Waals surface area contributed by atoms with Gasteiger partial charge >= 0.3 is 0 Å². The molecule has 0 radical (unpaired) electrons. The Kier molecular flexibility index (Phi) is 5.31. The molecule has 0 bridgehead atoms. The number of nitrogens with one attached hydrogen (secondary N) is 1. The van der Waals surface area contributed by atoms with Gasteiger partial charge in [0.25, 0.3) is 0 Å². The summed E-state index contributed by atoms with van der Waals surface area (Å²) in [7, 11) is 0. The molecule has 0 aliphatic heterocycles. The maximum atomic E-state index is 4.09. The Balaban J connectivity index is 1.82. The van der Waals surface area contributed by atoms with E-state index < -0.39 is 0 Å². The molecule has 0 atom stereocenters. The van der Waals surface area contributed by atoms with Gasteiger partial charge < -0.3 is 5.32 Å². The van der Waals surface area contributed by atoms with E-state index in [1.807, 2.05) is 0 Å². The Morgan fingerprint density at radius 2 is 1.70 bits per heavy atom. The van der Waals surface area contributed by atoms with Crippen LogP contribution in [0.15, 0.2) is 60.0 Å². The van der Waals surface area contributed by atoms with Crippen molar-refractivity contribution in [2.24, 2.45) is 0 Å². The maximum Gasteiger partial charge on any atom is 0.0657 e. The summed E-state index contributed by atoms with van der Waals surface area (Å²) in [5, 5.41) is 3.36. The van der Waals surface area contributed by atoms with Crippen molar-refractivity contribution in [2.75, 3.05) is 5.88 Å². The summed E-state index contributed by atoms with van der Waals surface area (Å²) >= 11 is 1.79. The third kappa shape index (κ3) is 4.17. The number of rotatable bonds is 6. The molecule has 0 amide bonds. The fraction of sp³-hybridized carbons (Fsp3) is 0.222.